The maximum Gasteiger partial charge on any atom is 0.119 e. The normalized spacial score (nSPS) is 31.7. The van der Waals surface area contributed by atoms with Gasteiger partial charge in [-0.2, -0.15) is 0 Å². The molecule has 2 heteroatoms. The number of methoxy groups -OCH3 is 1. The van der Waals surface area contributed by atoms with Crippen LogP contribution in [0.5, 0.6) is 5.75 Å². The van der Waals surface area contributed by atoms with Gasteiger partial charge in [0.1, 0.15) is 5.75 Å². The summed E-state index contributed by atoms with van der Waals surface area (Å²) in [6.45, 7) is 2.38. The monoisotopic (exact) mass is 257 g/mol. The Labute approximate surface area is 115 Å². The Bertz CT molecular complexity index is 520. The summed E-state index contributed by atoms with van der Waals surface area (Å²) in [6, 6.07) is 6.60. The van der Waals surface area contributed by atoms with Crippen LogP contribution in [0.25, 0.3) is 0 Å². The van der Waals surface area contributed by atoms with Gasteiger partial charge in [-0.1, -0.05) is 25.8 Å². The highest BCUT2D eigenvalue weighted by Crippen LogP contribution is 2.46. The van der Waals surface area contributed by atoms with Gasteiger partial charge in [-0.25, -0.2) is 0 Å². The highest BCUT2D eigenvalue weighted by Gasteiger charge is 2.43. The van der Waals surface area contributed by atoms with E-state index in [2.05, 4.69) is 25.1 Å². The minimum Gasteiger partial charge on any atom is -0.497 e. The first-order valence-corrected chi connectivity index (χ1v) is 7.33. The van der Waals surface area contributed by atoms with Gasteiger partial charge in [-0.05, 0) is 42.5 Å². The molecule has 3 rings (SSSR count). The van der Waals surface area contributed by atoms with Crippen molar-refractivity contribution in [3.8, 4) is 5.75 Å². The van der Waals surface area contributed by atoms with Crippen molar-refractivity contribution in [2.45, 2.75) is 44.4 Å². The molecule has 2 bridgehead atoms. The molecule has 2 atom stereocenters. The lowest BCUT2D eigenvalue weighted by molar-refractivity contribution is 0.411. The molecule has 0 aliphatic heterocycles. The summed E-state index contributed by atoms with van der Waals surface area (Å²) >= 11 is 0. The summed E-state index contributed by atoms with van der Waals surface area (Å²) in [7, 11) is 3.72. The molecule has 1 saturated carbocycles. The van der Waals surface area contributed by atoms with Crippen LogP contribution in [0.3, 0.4) is 0 Å². The molecule has 0 heterocycles. The Morgan fingerprint density at radius 1 is 1.32 bits per heavy atom. The van der Waals surface area contributed by atoms with Crippen molar-refractivity contribution in [3.05, 3.63) is 29.3 Å². The quantitative estimate of drug-likeness (QED) is 0.750. The van der Waals surface area contributed by atoms with Gasteiger partial charge >= 0.3 is 0 Å². The summed E-state index contributed by atoms with van der Waals surface area (Å²) in [5.41, 5.74) is 4.50. The van der Waals surface area contributed by atoms with Gasteiger partial charge in [-0.15, -0.1) is 0 Å². The molecule has 2 aliphatic rings. The molecular weight excluding hydrogens is 234 g/mol. The van der Waals surface area contributed by atoms with Gasteiger partial charge in [0.2, 0.25) is 0 Å². The number of benzene rings is 1. The van der Waals surface area contributed by atoms with Gasteiger partial charge in [0.25, 0.3) is 0 Å². The van der Waals surface area contributed by atoms with E-state index in [1.807, 2.05) is 7.05 Å². The highest BCUT2D eigenvalue weighted by atomic mass is 16.5. The first-order valence-electron chi connectivity index (χ1n) is 7.33. The van der Waals surface area contributed by atoms with E-state index in [4.69, 9.17) is 9.73 Å². The molecule has 1 aromatic carbocycles. The minimum absolute atomic E-state index is 0.123. The van der Waals surface area contributed by atoms with Crippen molar-refractivity contribution in [3.63, 3.8) is 0 Å². The van der Waals surface area contributed by atoms with Crippen LogP contribution >= 0.6 is 0 Å². The molecule has 0 N–H and O–H groups in total. The second-order valence-corrected chi connectivity index (χ2v) is 6.11. The van der Waals surface area contributed by atoms with Crippen molar-refractivity contribution >= 4 is 5.71 Å². The molecular formula is C17H23NO. The fourth-order valence-corrected chi connectivity index (χ4v) is 4.12. The molecule has 1 unspecified atom stereocenters. The van der Waals surface area contributed by atoms with Crippen LogP contribution in [-0.4, -0.2) is 19.9 Å². The number of nitrogens with zero attached hydrogens (tertiary/aromatic N) is 1. The number of ether oxygens (including phenoxy) is 1. The van der Waals surface area contributed by atoms with Gasteiger partial charge in [0.15, 0.2) is 0 Å². The van der Waals surface area contributed by atoms with Gasteiger partial charge in [0, 0.05) is 24.1 Å². The number of aliphatic imine (C=N–C) groups is 1. The smallest absolute Gasteiger partial charge is 0.119 e. The standard InChI is InChI=1S/C17H23NO/c1-17-9-5-4-6-13(16(17)18-2)10-12-7-8-14(19-3)11-15(12)17/h7-8,11,13H,4-6,9-10H2,1-3H3/t13?,17-/m1/s1. The third kappa shape index (κ3) is 1.89. The molecule has 0 amide bonds. The number of rotatable bonds is 1. The molecule has 2 nitrogen and oxygen atoms in total. The van der Waals surface area contributed by atoms with E-state index in [0.29, 0.717) is 5.92 Å². The summed E-state index contributed by atoms with van der Waals surface area (Å²) in [5.74, 6) is 1.62. The van der Waals surface area contributed by atoms with E-state index in [9.17, 15) is 0 Å². The third-order valence-electron chi connectivity index (χ3n) is 5.05. The van der Waals surface area contributed by atoms with Crippen molar-refractivity contribution < 1.29 is 4.74 Å². The maximum absolute atomic E-state index is 5.42. The molecule has 1 aromatic rings. The van der Waals surface area contributed by atoms with Crippen LogP contribution in [0.4, 0.5) is 0 Å². The van der Waals surface area contributed by atoms with E-state index in [-0.39, 0.29) is 5.41 Å². The van der Waals surface area contributed by atoms with Crippen LogP contribution < -0.4 is 4.74 Å². The summed E-state index contributed by atoms with van der Waals surface area (Å²) in [5, 5.41) is 0. The Morgan fingerprint density at radius 2 is 2.16 bits per heavy atom. The predicted octanol–water partition coefficient (Wildman–Crippen LogP) is 3.77. The highest BCUT2D eigenvalue weighted by molar-refractivity contribution is 5.98. The first-order chi connectivity index (χ1) is 9.19. The molecule has 0 radical (unpaired) electrons. The van der Waals surface area contributed by atoms with Crippen LogP contribution in [0.2, 0.25) is 0 Å². The van der Waals surface area contributed by atoms with Crippen LogP contribution in [-0.2, 0) is 11.8 Å². The van der Waals surface area contributed by atoms with Crippen LogP contribution in [0, 0.1) is 5.92 Å². The third-order valence-corrected chi connectivity index (χ3v) is 5.05. The number of fused-ring (bicyclic) bond motifs is 4. The average Bonchev–Trinajstić information content (AvgIpc) is 2.54. The molecule has 19 heavy (non-hydrogen) atoms. The van der Waals surface area contributed by atoms with Crippen molar-refractivity contribution in [2.75, 3.05) is 14.2 Å². The van der Waals surface area contributed by atoms with Gasteiger partial charge in [0.05, 0.1) is 7.11 Å². The summed E-state index contributed by atoms with van der Waals surface area (Å²) in [6.07, 6.45) is 6.32. The maximum atomic E-state index is 5.42. The van der Waals surface area contributed by atoms with Crippen molar-refractivity contribution in [1.82, 2.24) is 0 Å². The minimum atomic E-state index is 0.123. The SMILES string of the molecule is CN=C1C2CCCC[C@]1(C)c1cc(OC)ccc1C2. The molecule has 0 aromatic heterocycles. The average molecular weight is 257 g/mol. The van der Waals surface area contributed by atoms with Gasteiger partial charge < -0.3 is 4.74 Å². The number of hydrogen-bond donors (Lipinski definition) is 0. The zero-order chi connectivity index (χ0) is 13.5. The summed E-state index contributed by atoms with van der Waals surface area (Å²) < 4.78 is 5.42. The molecule has 2 aliphatic carbocycles. The van der Waals surface area contributed by atoms with E-state index < -0.39 is 0 Å². The second-order valence-electron chi connectivity index (χ2n) is 6.11. The predicted molar refractivity (Wildman–Crippen MR) is 79.4 cm³/mol. The summed E-state index contributed by atoms with van der Waals surface area (Å²) in [4.78, 5) is 4.69. The van der Waals surface area contributed by atoms with Crippen LogP contribution in [0.15, 0.2) is 23.2 Å². The molecule has 0 spiro atoms. The Morgan fingerprint density at radius 3 is 2.89 bits per heavy atom. The largest absolute Gasteiger partial charge is 0.497 e. The molecule has 0 saturated heterocycles. The Kier molecular flexibility index (Phi) is 3.12. The number of hydrogen-bond acceptors (Lipinski definition) is 2. The molecule has 102 valence electrons. The van der Waals surface area contributed by atoms with E-state index in [1.165, 1.54) is 42.5 Å². The van der Waals surface area contributed by atoms with Crippen LogP contribution in [0.1, 0.15) is 43.7 Å². The fourth-order valence-electron chi connectivity index (χ4n) is 4.12. The zero-order valence-electron chi connectivity index (χ0n) is 12.2. The first kappa shape index (κ1) is 12.7. The Hall–Kier alpha value is -1.31. The second kappa shape index (κ2) is 4.66. The lowest BCUT2D eigenvalue weighted by Gasteiger charge is -2.40. The lowest BCUT2D eigenvalue weighted by Crippen LogP contribution is -2.41. The Balaban J connectivity index is 2.19. The van der Waals surface area contributed by atoms with E-state index in [1.54, 1.807) is 7.11 Å². The van der Waals surface area contributed by atoms with Crippen molar-refractivity contribution in [2.24, 2.45) is 10.9 Å². The fraction of sp³-hybridized carbons (Fsp3) is 0.588. The zero-order valence-corrected chi connectivity index (χ0v) is 12.2. The van der Waals surface area contributed by atoms with Gasteiger partial charge in [-0.3, -0.25) is 4.99 Å². The lowest BCUT2D eigenvalue weighted by atomic mass is 9.64. The topological polar surface area (TPSA) is 21.6 Å². The molecule has 1 fully saturated rings. The van der Waals surface area contributed by atoms with E-state index >= 15 is 0 Å². The van der Waals surface area contributed by atoms with E-state index in [0.717, 1.165) is 12.2 Å². The van der Waals surface area contributed by atoms with Crippen molar-refractivity contribution in [1.29, 1.82) is 0 Å².